The Morgan fingerprint density at radius 1 is 1.47 bits per heavy atom. The van der Waals surface area contributed by atoms with Gasteiger partial charge in [0.25, 0.3) is 0 Å². The van der Waals surface area contributed by atoms with Gasteiger partial charge < -0.3 is 9.79 Å². The zero-order valence-corrected chi connectivity index (χ0v) is 9.99. The Kier molecular flexibility index (Phi) is 3.12. The molecule has 90 valence electrons. The third kappa shape index (κ3) is 3.24. The largest absolute Gasteiger partial charge is 0.762 e. The third-order valence-corrected chi connectivity index (χ3v) is 3.19. The van der Waals surface area contributed by atoms with Gasteiger partial charge in [-0.2, -0.15) is 0 Å². The van der Waals surface area contributed by atoms with Crippen molar-refractivity contribution < 1.29 is 19.1 Å². The van der Waals surface area contributed by atoms with Gasteiger partial charge in [0.05, 0.1) is 10.2 Å². The van der Waals surface area contributed by atoms with Crippen LogP contribution in [0.1, 0.15) is 0 Å². The lowest BCUT2D eigenvalue weighted by Gasteiger charge is -2.15. The molecule has 0 aliphatic carbocycles. The van der Waals surface area contributed by atoms with Gasteiger partial charge in [-0.05, 0) is 12.1 Å². The number of thiazole rings is 1. The van der Waals surface area contributed by atoms with Gasteiger partial charge in [0, 0.05) is 0 Å². The minimum absolute atomic E-state index is 0.247. The number of hydrogen-bond donors (Lipinski definition) is 3. The molecule has 0 bridgehead atoms. The van der Waals surface area contributed by atoms with E-state index in [1.807, 2.05) is 12.1 Å². The average molecular weight is 272 g/mol. The Labute approximate surface area is 99.7 Å². The Morgan fingerprint density at radius 3 is 2.82 bits per heavy atom. The van der Waals surface area contributed by atoms with E-state index in [0.717, 1.165) is 4.70 Å². The number of carbonyl (C=O) groups excluding carboxylic acids is 1. The van der Waals surface area contributed by atoms with E-state index in [4.69, 9.17) is 4.89 Å². The number of para-hydroxylation sites is 1. The molecule has 2 amide bonds. The van der Waals surface area contributed by atoms with Gasteiger partial charge in [0.2, 0.25) is 7.75 Å². The number of benzene rings is 1. The number of carbonyl (C=O) groups is 1. The topological polar surface area (TPSA) is 114 Å². The van der Waals surface area contributed by atoms with Crippen molar-refractivity contribution in [3.63, 3.8) is 0 Å². The van der Waals surface area contributed by atoms with Gasteiger partial charge in [-0.15, -0.1) is 0 Å². The normalized spacial score (nSPS) is 14.2. The molecule has 1 aromatic carbocycles. The van der Waals surface area contributed by atoms with Gasteiger partial charge in [-0.1, -0.05) is 23.5 Å². The molecule has 0 aliphatic rings. The van der Waals surface area contributed by atoms with Crippen LogP contribution >= 0.6 is 19.1 Å². The molecule has 0 saturated carbocycles. The Hall–Kier alpha value is -1.47. The van der Waals surface area contributed by atoms with Crippen LogP contribution in [0.2, 0.25) is 0 Å². The third-order valence-electron chi connectivity index (χ3n) is 1.76. The van der Waals surface area contributed by atoms with Crippen molar-refractivity contribution in [1.29, 1.82) is 0 Å². The van der Waals surface area contributed by atoms with Crippen LogP contribution in [0, 0.1) is 0 Å². The van der Waals surface area contributed by atoms with Gasteiger partial charge in [0.15, 0.2) is 5.13 Å². The fourth-order valence-corrected chi connectivity index (χ4v) is 2.35. The molecule has 1 unspecified atom stereocenters. The van der Waals surface area contributed by atoms with Crippen molar-refractivity contribution >= 4 is 40.5 Å². The second-order valence-electron chi connectivity index (χ2n) is 3.07. The molecule has 0 spiro atoms. The van der Waals surface area contributed by atoms with Crippen LogP contribution in [0.15, 0.2) is 24.3 Å². The predicted molar refractivity (Wildman–Crippen MR) is 61.6 cm³/mol. The van der Waals surface area contributed by atoms with Crippen molar-refractivity contribution in [3.05, 3.63) is 24.3 Å². The molecule has 1 aromatic heterocycles. The first-order valence-electron chi connectivity index (χ1n) is 4.43. The molecule has 9 heteroatoms. The summed E-state index contributed by atoms with van der Waals surface area (Å²) in [5.74, 6) is 0. The number of rotatable bonds is 2. The van der Waals surface area contributed by atoms with Crippen LogP contribution in [-0.4, -0.2) is 15.9 Å². The summed E-state index contributed by atoms with van der Waals surface area (Å²) in [6.07, 6.45) is 0. The van der Waals surface area contributed by atoms with E-state index in [-0.39, 0.29) is 5.13 Å². The number of anilines is 1. The highest BCUT2D eigenvalue weighted by Crippen LogP contribution is 2.26. The van der Waals surface area contributed by atoms with Crippen LogP contribution in [0.4, 0.5) is 9.93 Å². The summed E-state index contributed by atoms with van der Waals surface area (Å²) < 4.78 is 11.3. The quantitative estimate of drug-likeness (QED) is 0.702. The summed E-state index contributed by atoms with van der Waals surface area (Å²) >= 11 is 1.20. The number of fused-ring (bicyclic) bond motifs is 1. The number of nitrogens with zero attached hydrogens (tertiary/aromatic N) is 1. The first kappa shape index (κ1) is 12.0. The van der Waals surface area contributed by atoms with E-state index in [9.17, 15) is 14.3 Å². The highest BCUT2D eigenvalue weighted by Gasteiger charge is 2.10. The first-order chi connectivity index (χ1) is 7.94. The van der Waals surface area contributed by atoms with Gasteiger partial charge in [-0.3, -0.25) is 15.0 Å². The SMILES string of the molecule is O=C(Nc1nc2ccccc2s1)NP(=O)([O-])O. The molecular formula is C8H7N3O4PS-. The molecule has 0 saturated heterocycles. The second kappa shape index (κ2) is 4.42. The van der Waals surface area contributed by atoms with E-state index in [1.165, 1.54) is 16.4 Å². The Bertz CT molecular complexity index is 575. The summed E-state index contributed by atoms with van der Waals surface area (Å²) in [7, 11) is -4.83. The number of urea groups is 1. The first-order valence-corrected chi connectivity index (χ1v) is 6.82. The molecule has 1 atom stereocenters. The van der Waals surface area contributed by atoms with Gasteiger partial charge >= 0.3 is 6.03 Å². The fraction of sp³-hybridized carbons (Fsp3) is 0. The van der Waals surface area contributed by atoms with Crippen molar-refractivity contribution in [1.82, 2.24) is 10.1 Å². The molecule has 1 heterocycles. The van der Waals surface area contributed by atoms with Crippen molar-refractivity contribution in [2.75, 3.05) is 5.32 Å². The summed E-state index contributed by atoms with van der Waals surface area (Å²) in [6, 6.07) is 6.15. The van der Waals surface area contributed by atoms with Gasteiger partial charge in [-0.25, -0.2) is 9.78 Å². The molecule has 0 radical (unpaired) electrons. The average Bonchev–Trinajstić information content (AvgIpc) is 2.55. The van der Waals surface area contributed by atoms with Crippen molar-refractivity contribution in [3.8, 4) is 0 Å². The second-order valence-corrected chi connectivity index (χ2v) is 5.37. The van der Waals surface area contributed by atoms with E-state index >= 15 is 0 Å². The number of amides is 2. The molecule has 3 N–H and O–H groups in total. The number of nitrogens with one attached hydrogen (secondary N) is 2. The zero-order chi connectivity index (χ0) is 12.5. The summed E-state index contributed by atoms with van der Waals surface area (Å²) in [4.78, 5) is 34.0. The predicted octanol–water partition coefficient (Wildman–Crippen LogP) is 0.878. The number of hydrogen-bond acceptors (Lipinski definition) is 5. The molecule has 2 rings (SSSR count). The van der Waals surface area contributed by atoms with Crippen molar-refractivity contribution in [2.45, 2.75) is 0 Å². The standard InChI is InChI=1S/C8H8N3O4PS/c12-7(11-16(13,14)15)10-8-9-5-3-1-2-4-6(5)17-8/h1-4H,(H4,9,10,11,12,13,14,15)/p-1. The Morgan fingerprint density at radius 2 is 2.18 bits per heavy atom. The van der Waals surface area contributed by atoms with Crippen LogP contribution in [0.5, 0.6) is 0 Å². The fourth-order valence-electron chi connectivity index (χ4n) is 1.18. The molecule has 2 aromatic rings. The highest BCUT2D eigenvalue weighted by molar-refractivity contribution is 7.48. The van der Waals surface area contributed by atoms with E-state index in [0.29, 0.717) is 5.52 Å². The highest BCUT2D eigenvalue weighted by atomic mass is 32.1. The maximum Gasteiger partial charge on any atom is 0.327 e. The lowest BCUT2D eigenvalue weighted by atomic mass is 10.3. The maximum absolute atomic E-state index is 11.1. The summed E-state index contributed by atoms with van der Waals surface area (Å²) in [6.45, 7) is 0. The van der Waals surface area contributed by atoms with E-state index in [1.54, 1.807) is 12.1 Å². The maximum atomic E-state index is 11.1. The molecular weight excluding hydrogens is 265 g/mol. The minimum atomic E-state index is -4.83. The van der Waals surface area contributed by atoms with Crippen LogP contribution in [0.25, 0.3) is 10.2 Å². The number of aromatic nitrogens is 1. The zero-order valence-electron chi connectivity index (χ0n) is 8.28. The van der Waals surface area contributed by atoms with Crippen LogP contribution in [-0.2, 0) is 4.57 Å². The lowest BCUT2D eigenvalue weighted by molar-refractivity contribution is -0.195. The van der Waals surface area contributed by atoms with Crippen LogP contribution in [0.3, 0.4) is 0 Å². The van der Waals surface area contributed by atoms with Gasteiger partial charge in [0.1, 0.15) is 0 Å². The van der Waals surface area contributed by atoms with E-state index in [2.05, 4.69) is 10.3 Å². The Balaban J connectivity index is 2.13. The van der Waals surface area contributed by atoms with E-state index < -0.39 is 13.8 Å². The smallest absolute Gasteiger partial charge is 0.327 e. The minimum Gasteiger partial charge on any atom is -0.762 e. The summed E-state index contributed by atoms with van der Waals surface area (Å²) in [5.41, 5.74) is 0.696. The molecule has 7 nitrogen and oxygen atoms in total. The molecule has 0 fully saturated rings. The lowest BCUT2D eigenvalue weighted by Crippen LogP contribution is -2.29. The van der Waals surface area contributed by atoms with Crippen LogP contribution < -0.4 is 15.3 Å². The summed E-state index contributed by atoms with van der Waals surface area (Å²) in [5, 5.41) is 3.84. The van der Waals surface area contributed by atoms with Crippen molar-refractivity contribution in [2.24, 2.45) is 0 Å². The monoisotopic (exact) mass is 272 g/mol. The molecule has 17 heavy (non-hydrogen) atoms. The molecule has 0 aliphatic heterocycles.